The maximum absolute atomic E-state index is 6.07. The molecule has 1 aromatic rings. The van der Waals surface area contributed by atoms with E-state index < -0.39 is 8.32 Å². The second kappa shape index (κ2) is 8.05. The molecular formula is C11H22Cl2N2OSi. The molecule has 17 heavy (non-hydrogen) atoms. The highest BCUT2D eigenvalue weighted by atomic mass is 35.5. The van der Waals surface area contributed by atoms with Gasteiger partial charge in [-0.05, 0) is 44.3 Å². The second-order valence-electron chi connectivity index (χ2n) is 4.79. The van der Waals surface area contributed by atoms with Gasteiger partial charge in [-0.2, -0.15) is 0 Å². The smallest absolute Gasteiger partial charge is 0.184 e. The highest BCUT2D eigenvalue weighted by Gasteiger charge is 2.24. The van der Waals surface area contributed by atoms with E-state index in [0.717, 1.165) is 5.56 Å². The fraction of sp³-hybridized carbons (Fsp3) is 0.545. The van der Waals surface area contributed by atoms with Gasteiger partial charge in [0.1, 0.15) is 0 Å². The normalized spacial score (nSPS) is 14.2. The quantitative estimate of drug-likeness (QED) is 0.868. The first-order valence-electron chi connectivity index (χ1n) is 5.23. The molecule has 1 aromatic heterocycles. The maximum atomic E-state index is 6.07. The Labute approximate surface area is 117 Å². The summed E-state index contributed by atoms with van der Waals surface area (Å²) in [6, 6.07) is 3.93. The summed E-state index contributed by atoms with van der Waals surface area (Å²) in [5.74, 6) is 0. The SMILES string of the molecule is CC(N)C(O[Si](C)(C)C)c1ccncc1.Cl.Cl. The van der Waals surface area contributed by atoms with Crippen LogP contribution in [0, 0.1) is 0 Å². The fourth-order valence-electron chi connectivity index (χ4n) is 1.41. The summed E-state index contributed by atoms with van der Waals surface area (Å²) in [7, 11) is -1.57. The van der Waals surface area contributed by atoms with Gasteiger partial charge in [0, 0.05) is 18.4 Å². The zero-order valence-corrected chi connectivity index (χ0v) is 13.3. The van der Waals surface area contributed by atoms with Crippen LogP contribution >= 0.6 is 24.8 Å². The Kier molecular flexibility index (Phi) is 9.10. The minimum atomic E-state index is -1.57. The zero-order chi connectivity index (χ0) is 11.5. The predicted octanol–water partition coefficient (Wildman–Crippen LogP) is 3.17. The molecule has 100 valence electrons. The van der Waals surface area contributed by atoms with Crippen molar-refractivity contribution >= 4 is 33.1 Å². The van der Waals surface area contributed by atoms with Gasteiger partial charge in [0.2, 0.25) is 0 Å². The van der Waals surface area contributed by atoms with Crippen molar-refractivity contribution in [1.29, 1.82) is 0 Å². The van der Waals surface area contributed by atoms with Crippen molar-refractivity contribution in [2.24, 2.45) is 5.73 Å². The highest BCUT2D eigenvalue weighted by Crippen LogP contribution is 2.23. The van der Waals surface area contributed by atoms with Gasteiger partial charge in [0.05, 0.1) is 6.10 Å². The molecule has 0 aliphatic rings. The van der Waals surface area contributed by atoms with E-state index in [4.69, 9.17) is 10.2 Å². The summed E-state index contributed by atoms with van der Waals surface area (Å²) in [6.07, 6.45) is 3.54. The molecule has 0 radical (unpaired) electrons. The maximum Gasteiger partial charge on any atom is 0.184 e. The van der Waals surface area contributed by atoms with Crippen molar-refractivity contribution in [1.82, 2.24) is 4.98 Å². The molecule has 6 heteroatoms. The molecule has 0 bridgehead atoms. The summed E-state index contributed by atoms with van der Waals surface area (Å²) in [4.78, 5) is 4.00. The van der Waals surface area contributed by atoms with Crippen molar-refractivity contribution in [3.8, 4) is 0 Å². The summed E-state index contributed by atoms with van der Waals surface area (Å²) in [5.41, 5.74) is 7.07. The number of rotatable bonds is 4. The van der Waals surface area contributed by atoms with Gasteiger partial charge in [-0.1, -0.05) is 0 Å². The molecule has 0 amide bonds. The fourth-order valence-corrected chi connectivity index (χ4v) is 2.53. The van der Waals surface area contributed by atoms with Gasteiger partial charge in [-0.3, -0.25) is 4.98 Å². The molecule has 0 spiro atoms. The first kappa shape index (κ1) is 19.2. The monoisotopic (exact) mass is 296 g/mol. The number of nitrogens with zero attached hydrogens (tertiary/aromatic N) is 1. The Bertz CT molecular complexity index is 304. The summed E-state index contributed by atoms with van der Waals surface area (Å²) < 4.78 is 6.07. The molecule has 2 unspecified atom stereocenters. The Balaban J connectivity index is 0. The van der Waals surface area contributed by atoms with Gasteiger partial charge in [0.15, 0.2) is 8.32 Å². The minimum Gasteiger partial charge on any atom is -0.409 e. The van der Waals surface area contributed by atoms with Crippen molar-refractivity contribution in [3.63, 3.8) is 0 Å². The number of pyridine rings is 1. The first-order valence-corrected chi connectivity index (χ1v) is 8.64. The number of halogens is 2. The van der Waals surface area contributed by atoms with Crippen LogP contribution in [0.1, 0.15) is 18.6 Å². The minimum absolute atomic E-state index is 0. The molecule has 3 nitrogen and oxygen atoms in total. The van der Waals surface area contributed by atoms with E-state index >= 15 is 0 Å². The van der Waals surface area contributed by atoms with Crippen molar-refractivity contribution < 1.29 is 4.43 Å². The van der Waals surface area contributed by atoms with E-state index in [1.807, 2.05) is 19.1 Å². The van der Waals surface area contributed by atoms with Gasteiger partial charge < -0.3 is 10.2 Å². The van der Waals surface area contributed by atoms with Crippen LogP contribution in [0.5, 0.6) is 0 Å². The van der Waals surface area contributed by atoms with E-state index in [2.05, 4.69) is 24.6 Å². The largest absolute Gasteiger partial charge is 0.409 e. The van der Waals surface area contributed by atoms with Crippen LogP contribution in [-0.4, -0.2) is 19.3 Å². The molecule has 0 aromatic carbocycles. The second-order valence-corrected chi connectivity index (χ2v) is 9.25. The zero-order valence-electron chi connectivity index (χ0n) is 10.7. The summed E-state index contributed by atoms with van der Waals surface area (Å²) in [6.45, 7) is 8.49. The third kappa shape index (κ3) is 7.01. The molecule has 2 atom stereocenters. The molecule has 0 fully saturated rings. The lowest BCUT2D eigenvalue weighted by molar-refractivity contribution is 0.172. The number of nitrogens with two attached hydrogens (primary N) is 1. The number of hydrogen-bond acceptors (Lipinski definition) is 3. The molecule has 2 N–H and O–H groups in total. The molecule has 0 saturated heterocycles. The molecule has 0 saturated carbocycles. The molecule has 1 heterocycles. The molecule has 0 aliphatic heterocycles. The Morgan fingerprint density at radius 3 is 2.00 bits per heavy atom. The van der Waals surface area contributed by atoms with Gasteiger partial charge in [-0.15, -0.1) is 24.8 Å². The average molecular weight is 297 g/mol. The van der Waals surface area contributed by atoms with Crippen LogP contribution in [0.25, 0.3) is 0 Å². The van der Waals surface area contributed by atoms with Crippen LogP contribution in [0.15, 0.2) is 24.5 Å². The molecule has 1 rings (SSSR count). The van der Waals surface area contributed by atoms with E-state index in [1.54, 1.807) is 12.4 Å². The summed E-state index contributed by atoms with van der Waals surface area (Å²) in [5, 5.41) is 0. The topological polar surface area (TPSA) is 48.1 Å². The Morgan fingerprint density at radius 2 is 1.65 bits per heavy atom. The van der Waals surface area contributed by atoms with E-state index in [9.17, 15) is 0 Å². The number of hydrogen-bond donors (Lipinski definition) is 1. The van der Waals surface area contributed by atoms with E-state index in [0.29, 0.717) is 0 Å². The molecular weight excluding hydrogens is 275 g/mol. The summed E-state index contributed by atoms with van der Waals surface area (Å²) >= 11 is 0. The van der Waals surface area contributed by atoms with E-state index in [1.165, 1.54) is 0 Å². The third-order valence-electron chi connectivity index (χ3n) is 1.99. The van der Waals surface area contributed by atoms with Crippen LogP contribution in [0.4, 0.5) is 0 Å². The van der Waals surface area contributed by atoms with Gasteiger partial charge in [-0.25, -0.2) is 0 Å². The van der Waals surface area contributed by atoms with Crippen molar-refractivity contribution in [2.45, 2.75) is 38.7 Å². The number of aromatic nitrogens is 1. The van der Waals surface area contributed by atoms with Crippen LogP contribution in [-0.2, 0) is 4.43 Å². The third-order valence-corrected chi connectivity index (χ3v) is 2.95. The average Bonchev–Trinajstić information content (AvgIpc) is 2.14. The Morgan fingerprint density at radius 1 is 1.18 bits per heavy atom. The standard InChI is InChI=1S/C11H20N2OSi.2ClH/c1-9(12)11(14-15(2,3)4)10-5-7-13-8-6-10;;/h5-9,11H,12H2,1-4H3;2*1H. The highest BCUT2D eigenvalue weighted by molar-refractivity contribution is 6.69. The van der Waals surface area contributed by atoms with E-state index in [-0.39, 0.29) is 37.0 Å². The van der Waals surface area contributed by atoms with Crippen molar-refractivity contribution in [2.75, 3.05) is 0 Å². The van der Waals surface area contributed by atoms with Crippen LogP contribution < -0.4 is 5.73 Å². The molecule has 0 aliphatic carbocycles. The Hall–Kier alpha value is -0.133. The first-order chi connectivity index (χ1) is 6.90. The predicted molar refractivity (Wildman–Crippen MR) is 79.6 cm³/mol. The van der Waals surface area contributed by atoms with Crippen LogP contribution in [0.2, 0.25) is 19.6 Å². The lowest BCUT2D eigenvalue weighted by Gasteiger charge is -2.29. The van der Waals surface area contributed by atoms with Gasteiger partial charge >= 0.3 is 0 Å². The van der Waals surface area contributed by atoms with Crippen molar-refractivity contribution in [3.05, 3.63) is 30.1 Å². The lowest BCUT2D eigenvalue weighted by atomic mass is 10.1. The van der Waals surface area contributed by atoms with Gasteiger partial charge in [0.25, 0.3) is 0 Å². The lowest BCUT2D eigenvalue weighted by Crippen LogP contribution is -2.36. The van der Waals surface area contributed by atoms with Crippen LogP contribution in [0.3, 0.4) is 0 Å².